The van der Waals surface area contributed by atoms with Crippen molar-refractivity contribution in [2.45, 2.75) is 90.4 Å². The molecule has 2 aromatic rings. The standard InChI is InChI=1S/C36H48O3/c1-23(14-15-28(24-10-6-4-7-11-24)25-12-8-5-9-13-25)29-16-17-30-34-31(22-33(39)36(29,30)3)35(2)19-18-27(37)20-26(35)21-32(34)38/h4-13,15,23,26-27,29-34,37-39H,14,16-22H2,1-3H3/t23-,26-,27+,29+,30+,31-,32+,33-,34-,35-,36+/m0/s1. The molecule has 3 N–H and O–H groups in total. The highest BCUT2D eigenvalue weighted by molar-refractivity contribution is 5.79. The molecule has 2 aromatic carbocycles. The molecule has 0 spiro atoms. The third-order valence-corrected chi connectivity index (χ3v) is 12.4. The molecule has 6 rings (SSSR count). The second kappa shape index (κ2) is 10.5. The van der Waals surface area contributed by atoms with Crippen LogP contribution in [0.3, 0.4) is 0 Å². The summed E-state index contributed by atoms with van der Waals surface area (Å²) in [5, 5.41) is 33.9. The van der Waals surface area contributed by atoms with E-state index in [0.717, 1.165) is 51.4 Å². The zero-order valence-electron chi connectivity index (χ0n) is 24.0. The van der Waals surface area contributed by atoms with E-state index in [-0.39, 0.29) is 35.1 Å². The minimum Gasteiger partial charge on any atom is -0.393 e. The Balaban J connectivity index is 1.26. The molecule has 0 amide bonds. The Bertz CT molecular complexity index is 1120. The third-order valence-electron chi connectivity index (χ3n) is 12.4. The van der Waals surface area contributed by atoms with Crippen LogP contribution in [0.15, 0.2) is 66.7 Å². The largest absolute Gasteiger partial charge is 0.393 e. The SMILES string of the molecule is C[C@@H](CC=C(c1ccccc1)c1ccccc1)[C@H]1CC[C@@H]2[C@@H]3[C@H](O)C[C@@H]4C[C@H](O)CC[C@]4(C)[C@H]3C[C@H](O)[C@@]21C. The fraction of sp³-hybridized carbons (Fsp3) is 0.611. The minimum absolute atomic E-state index is 0.123. The van der Waals surface area contributed by atoms with Crippen molar-refractivity contribution in [3.8, 4) is 0 Å². The predicted octanol–water partition coefficient (Wildman–Crippen LogP) is 7.11. The normalized spacial score (nSPS) is 42.1. The van der Waals surface area contributed by atoms with Crippen LogP contribution in [0.25, 0.3) is 5.57 Å². The number of fused-ring (bicyclic) bond motifs is 5. The summed E-state index contributed by atoms with van der Waals surface area (Å²) in [5.74, 6) is 2.24. The maximum absolute atomic E-state index is 11.9. The molecular formula is C36H48O3. The van der Waals surface area contributed by atoms with Crippen molar-refractivity contribution in [2.24, 2.45) is 46.3 Å². The van der Waals surface area contributed by atoms with E-state index in [9.17, 15) is 15.3 Å². The van der Waals surface area contributed by atoms with E-state index in [1.54, 1.807) is 0 Å². The molecule has 39 heavy (non-hydrogen) atoms. The number of allylic oxidation sites excluding steroid dienone is 1. The summed E-state index contributed by atoms with van der Waals surface area (Å²) in [5.41, 5.74) is 3.74. The summed E-state index contributed by atoms with van der Waals surface area (Å²) in [6, 6.07) is 21.4. The lowest BCUT2D eigenvalue weighted by molar-refractivity contribution is -0.206. The molecular weight excluding hydrogens is 480 g/mol. The van der Waals surface area contributed by atoms with Gasteiger partial charge in [-0.25, -0.2) is 0 Å². The van der Waals surface area contributed by atoms with Gasteiger partial charge in [0, 0.05) is 0 Å². The van der Waals surface area contributed by atoms with Crippen molar-refractivity contribution in [1.29, 1.82) is 0 Å². The highest BCUT2D eigenvalue weighted by atomic mass is 16.3. The average Bonchev–Trinajstić information content (AvgIpc) is 3.30. The molecule has 4 fully saturated rings. The Hall–Kier alpha value is -1.94. The van der Waals surface area contributed by atoms with Gasteiger partial charge in [0.2, 0.25) is 0 Å². The number of hydrogen-bond donors (Lipinski definition) is 3. The van der Waals surface area contributed by atoms with Crippen molar-refractivity contribution in [3.05, 3.63) is 77.9 Å². The van der Waals surface area contributed by atoms with Crippen LogP contribution in [0.1, 0.15) is 83.3 Å². The summed E-state index contributed by atoms with van der Waals surface area (Å²) in [6.07, 6.45) is 9.09. The Labute approximate surface area is 235 Å². The molecule has 0 heterocycles. The molecule has 0 radical (unpaired) electrons. The van der Waals surface area contributed by atoms with Gasteiger partial charge < -0.3 is 15.3 Å². The van der Waals surface area contributed by atoms with Gasteiger partial charge in [0.1, 0.15) is 0 Å². The summed E-state index contributed by atoms with van der Waals surface area (Å²) in [7, 11) is 0. The van der Waals surface area contributed by atoms with Crippen molar-refractivity contribution < 1.29 is 15.3 Å². The van der Waals surface area contributed by atoms with Gasteiger partial charge in [0.05, 0.1) is 18.3 Å². The van der Waals surface area contributed by atoms with E-state index in [1.807, 2.05) is 0 Å². The van der Waals surface area contributed by atoms with E-state index in [4.69, 9.17) is 0 Å². The molecule has 0 aliphatic heterocycles. The second-order valence-electron chi connectivity index (χ2n) is 14.1. The number of benzene rings is 2. The van der Waals surface area contributed by atoms with Crippen molar-refractivity contribution >= 4 is 5.57 Å². The van der Waals surface area contributed by atoms with E-state index < -0.39 is 0 Å². The molecule has 4 aliphatic carbocycles. The summed E-state index contributed by atoms with van der Waals surface area (Å²) in [4.78, 5) is 0. The van der Waals surface area contributed by atoms with Crippen molar-refractivity contribution in [1.82, 2.24) is 0 Å². The Kier molecular flexibility index (Phi) is 7.31. The Morgan fingerprint density at radius 1 is 0.846 bits per heavy atom. The van der Waals surface area contributed by atoms with Gasteiger partial charge in [-0.3, -0.25) is 0 Å². The summed E-state index contributed by atoms with van der Waals surface area (Å²) >= 11 is 0. The molecule has 0 saturated heterocycles. The smallest absolute Gasteiger partial charge is 0.0602 e. The lowest BCUT2D eigenvalue weighted by Gasteiger charge is -2.63. The topological polar surface area (TPSA) is 60.7 Å². The number of aliphatic hydroxyl groups is 3. The molecule has 0 unspecified atom stereocenters. The van der Waals surface area contributed by atoms with Gasteiger partial charge in [0.25, 0.3) is 0 Å². The van der Waals surface area contributed by atoms with Crippen LogP contribution < -0.4 is 0 Å². The quantitative estimate of drug-likeness (QED) is 0.388. The van der Waals surface area contributed by atoms with Gasteiger partial charge in [-0.1, -0.05) is 87.5 Å². The number of aliphatic hydroxyl groups excluding tert-OH is 3. The predicted molar refractivity (Wildman–Crippen MR) is 158 cm³/mol. The van der Waals surface area contributed by atoms with Crippen LogP contribution in [0.2, 0.25) is 0 Å². The van der Waals surface area contributed by atoms with Crippen LogP contribution in [0.4, 0.5) is 0 Å². The van der Waals surface area contributed by atoms with E-state index in [1.165, 1.54) is 16.7 Å². The fourth-order valence-corrected chi connectivity index (χ4v) is 10.2. The molecule has 4 saturated carbocycles. The van der Waals surface area contributed by atoms with Crippen LogP contribution in [-0.2, 0) is 0 Å². The summed E-state index contributed by atoms with van der Waals surface area (Å²) in [6.45, 7) is 7.16. The van der Waals surface area contributed by atoms with Crippen LogP contribution in [0, 0.1) is 46.3 Å². The molecule has 0 bridgehead atoms. The maximum Gasteiger partial charge on any atom is 0.0602 e. The molecule has 4 aliphatic rings. The van der Waals surface area contributed by atoms with E-state index in [0.29, 0.717) is 29.6 Å². The van der Waals surface area contributed by atoms with Crippen LogP contribution in [0.5, 0.6) is 0 Å². The minimum atomic E-state index is -0.333. The fourth-order valence-electron chi connectivity index (χ4n) is 10.2. The van der Waals surface area contributed by atoms with E-state index in [2.05, 4.69) is 87.5 Å². The van der Waals surface area contributed by atoms with Crippen molar-refractivity contribution in [3.63, 3.8) is 0 Å². The highest BCUT2D eigenvalue weighted by Gasteiger charge is 2.65. The van der Waals surface area contributed by atoms with E-state index >= 15 is 0 Å². The van der Waals surface area contributed by atoms with Crippen LogP contribution >= 0.6 is 0 Å². The van der Waals surface area contributed by atoms with Gasteiger partial charge >= 0.3 is 0 Å². The Morgan fingerprint density at radius 2 is 1.49 bits per heavy atom. The van der Waals surface area contributed by atoms with Gasteiger partial charge in [-0.2, -0.15) is 0 Å². The van der Waals surface area contributed by atoms with Gasteiger partial charge in [-0.05, 0) is 114 Å². The monoisotopic (exact) mass is 528 g/mol. The molecule has 3 nitrogen and oxygen atoms in total. The third kappa shape index (κ3) is 4.53. The molecule has 210 valence electrons. The summed E-state index contributed by atoms with van der Waals surface area (Å²) < 4.78 is 0. The zero-order chi connectivity index (χ0) is 27.4. The number of hydrogen-bond acceptors (Lipinski definition) is 3. The molecule has 11 atom stereocenters. The maximum atomic E-state index is 11.9. The zero-order valence-corrected chi connectivity index (χ0v) is 24.0. The lowest BCUT2D eigenvalue weighted by atomic mass is 9.43. The van der Waals surface area contributed by atoms with Crippen molar-refractivity contribution in [2.75, 3.05) is 0 Å². The van der Waals surface area contributed by atoms with Gasteiger partial charge in [0.15, 0.2) is 0 Å². The molecule has 0 aromatic heterocycles. The second-order valence-corrected chi connectivity index (χ2v) is 14.1. The first-order valence-corrected chi connectivity index (χ1v) is 15.6. The first kappa shape index (κ1) is 27.2. The number of rotatable bonds is 5. The first-order valence-electron chi connectivity index (χ1n) is 15.6. The Morgan fingerprint density at radius 3 is 2.13 bits per heavy atom. The highest BCUT2D eigenvalue weighted by Crippen LogP contribution is 2.68. The first-order chi connectivity index (χ1) is 18.7. The average molecular weight is 529 g/mol. The lowest BCUT2D eigenvalue weighted by Crippen LogP contribution is -2.62. The van der Waals surface area contributed by atoms with Gasteiger partial charge in [-0.15, -0.1) is 0 Å². The molecule has 3 heteroatoms. The van der Waals surface area contributed by atoms with Crippen LogP contribution in [-0.4, -0.2) is 33.6 Å².